The lowest BCUT2D eigenvalue weighted by Gasteiger charge is -1.99. The van der Waals surface area contributed by atoms with Crippen LogP contribution in [0.4, 0.5) is 0 Å². The molecule has 2 aliphatic heterocycles. The van der Waals surface area contributed by atoms with Crippen molar-refractivity contribution in [2.75, 3.05) is 0 Å². The predicted octanol–water partition coefficient (Wildman–Crippen LogP) is 1.21. The van der Waals surface area contributed by atoms with Crippen molar-refractivity contribution in [3.63, 3.8) is 0 Å². The van der Waals surface area contributed by atoms with Crippen molar-refractivity contribution in [3.05, 3.63) is 34.4 Å². The number of benzene rings is 1. The summed E-state index contributed by atoms with van der Waals surface area (Å²) in [6.07, 6.45) is 0. The summed E-state index contributed by atoms with van der Waals surface area (Å²) in [5.41, 5.74) is 4.84. The molecule has 0 aromatic heterocycles. The highest BCUT2D eigenvalue weighted by atomic mass is 32.2. The van der Waals surface area contributed by atoms with Gasteiger partial charge in [-0.05, 0) is 34.5 Å². The highest BCUT2D eigenvalue weighted by Gasteiger charge is 2.29. The third-order valence-electron chi connectivity index (χ3n) is 2.79. The standard InChI is InChI=1S/C10H10O2S2/c11-13-3-7-1-8-4-14(12)6-10(8)2-9(7)5-13/h1-2H,3-6H2. The van der Waals surface area contributed by atoms with Gasteiger partial charge in [-0.3, -0.25) is 0 Å². The second-order valence-electron chi connectivity index (χ2n) is 3.85. The minimum absolute atomic E-state index is 0.690. The molecule has 0 unspecified atom stereocenters. The van der Waals surface area contributed by atoms with Crippen LogP contribution in [-0.2, 0) is 45.4 Å². The Labute approximate surface area is 89.1 Å². The van der Waals surface area contributed by atoms with Gasteiger partial charge in [0.1, 0.15) is 23.0 Å². The van der Waals surface area contributed by atoms with E-state index in [0.717, 1.165) is 0 Å². The largest absolute Gasteiger partial charge is 0.616 e. The fourth-order valence-corrected chi connectivity index (χ4v) is 4.79. The molecule has 0 saturated heterocycles. The first kappa shape index (κ1) is 9.09. The number of fused-ring (bicyclic) bond motifs is 2. The molecule has 0 spiro atoms. The molecule has 0 radical (unpaired) electrons. The van der Waals surface area contributed by atoms with E-state index in [1.165, 1.54) is 22.3 Å². The van der Waals surface area contributed by atoms with Crippen LogP contribution in [0.5, 0.6) is 0 Å². The van der Waals surface area contributed by atoms with Gasteiger partial charge in [-0.15, -0.1) is 0 Å². The van der Waals surface area contributed by atoms with Crippen LogP contribution in [-0.4, -0.2) is 9.11 Å². The van der Waals surface area contributed by atoms with E-state index < -0.39 is 22.4 Å². The van der Waals surface area contributed by atoms with Crippen LogP contribution in [0.1, 0.15) is 22.3 Å². The molecule has 2 nitrogen and oxygen atoms in total. The molecule has 2 aliphatic rings. The first-order chi connectivity index (χ1) is 6.72. The van der Waals surface area contributed by atoms with E-state index in [1.807, 2.05) is 0 Å². The van der Waals surface area contributed by atoms with Crippen molar-refractivity contribution in [1.82, 2.24) is 0 Å². The van der Waals surface area contributed by atoms with Crippen LogP contribution >= 0.6 is 0 Å². The van der Waals surface area contributed by atoms with Gasteiger partial charge in [0.05, 0.1) is 0 Å². The minimum atomic E-state index is -0.698. The lowest BCUT2D eigenvalue weighted by atomic mass is 10.0. The van der Waals surface area contributed by atoms with Crippen molar-refractivity contribution in [2.24, 2.45) is 0 Å². The Morgan fingerprint density at radius 2 is 1.00 bits per heavy atom. The maximum absolute atomic E-state index is 11.3. The van der Waals surface area contributed by atoms with Gasteiger partial charge in [0.2, 0.25) is 0 Å². The molecule has 1 aromatic carbocycles. The minimum Gasteiger partial charge on any atom is -0.616 e. The molecule has 1 aromatic rings. The fraction of sp³-hybridized carbons (Fsp3) is 0.400. The topological polar surface area (TPSA) is 46.1 Å². The summed E-state index contributed by atoms with van der Waals surface area (Å²) in [5.74, 6) is 2.76. The zero-order valence-electron chi connectivity index (χ0n) is 7.62. The Bertz CT molecular complexity index is 324. The predicted molar refractivity (Wildman–Crippen MR) is 57.5 cm³/mol. The van der Waals surface area contributed by atoms with Crippen molar-refractivity contribution in [2.45, 2.75) is 23.0 Å². The molecular weight excluding hydrogens is 216 g/mol. The van der Waals surface area contributed by atoms with E-state index in [0.29, 0.717) is 23.0 Å². The van der Waals surface area contributed by atoms with Gasteiger partial charge in [0.15, 0.2) is 0 Å². The van der Waals surface area contributed by atoms with E-state index in [2.05, 4.69) is 12.1 Å². The summed E-state index contributed by atoms with van der Waals surface area (Å²) in [6, 6.07) is 4.22. The van der Waals surface area contributed by atoms with Crippen molar-refractivity contribution < 1.29 is 9.11 Å². The van der Waals surface area contributed by atoms with Crippen LogP contribution < -0.4 is 0 Å². The Balaban J connectivity index is 2.05. The zero-order valence-corrected chi connectivity index (χ0v) is 9.25. The quantitative estimate of drug-likeness (QED) is 0.624. The van der Waals surface area contributed by atoms with E-state index in [-0.39, 0.29) is 0 Å². The van der Waals surface area contributed by atoms with Crippen LogP contribution in [0.25, 0.3) is 0 Å². The first-order valence-corrected chi connectivity index (χ1v) is 7.53. The molecule has 0 fully saturated rings. The first-order valence-electron chi connectivity index (χ1n) is 4.56. The summed E-state index contributed by atoms with van der Waals surface area (Å²) in [4.78, 5) is 0. The number of rotatable bonds is 0. The Morgan fingerprint density at radius 3 is 1.29 bits per heavy atom. The Kier molecular flexibility index (Phi) is 2.06. The van der Waals surface area contributed by atoms with Crippen molar-refractivity contribution >= 4 is 22.4 Å². The lowest BCUT2D eigenvalue weighted by molar-refractivity contribution is 0.596. The van der Waals surface area contributed by atoms with Crippen LogP contribution in [0.15, 0.2) is 12.1 Å². The van der Waals surface area contributed by atoms with Gasteiger partial charge < -0.3 is 9.11 Å². The molecule has 0 aliphatic carbocycles. The molecule has 2 heterocycles. The van der Waals surface area contributed by atoms with Gasteiger partial charge in [0, 0.05) is 22.3 Å². The number of hydrogen-bond donors (Lipinski definition) is 0. The average molecular weight is 226 g/mol. The zero-order chi connectivity index (χ0) is 9.71. The molecule has 4 heteroatoms. The molecule has 14 heavy (non-hydrogen) atoms. The Hall–Kier alpha value is -0.160. The second kappa shape index (κ2) is 3.17. The average Bonchev–Trinajstić information content (AvgIpc) is 2.59. The van der Waals surface area contributed by atoms with E-state index in [9.17, 15) is 9.11 Å². The molecule has 0 amide bonds. The fourth-order valence-electron chi connectivity index (χ4n) is 2.12. The monoisotopic (exact) mass is 226 g/mol. The maximum Gasteiger partial charge on any atom is 0.131 e. The summed E-state index contributed by atoms with van der Waals surface area (Å²) in [5, 5.41) is 0. The smallest absolute Gasteiger partial charge is 0.131 e. The van der Waals surface area contributed by atoms with Crippen LogP contribution in [0, 0.1) is 0 Å². The van der Waals surface area contributed by atoms with Crippen LogP contribution in [0.3, 0.4) is 0 Å². The summed E-state index contributed by atoms with van der Waals surface area (Å²) >= 11 is -1.40. The molecule has 74 valence electrons. The third kappa shape index (κ3) is 1.37. The van der Waals surface area contributed by atoms with Gasteiger partial charge in [0.25, 0.3) is 0 Å². The summed E-state index contributed by atoms with van der Waals surface area (Å²) in [7, 11) is 0. The highest BCUT2D eigenvalue weighted by molar-refractivity contribution is 7.90. The Morgan fingerprint density at radius 1 is 0.714 bits per heavy atom. The molecule has 0 bridgehead atoms. The molecule has 0 saturated carbocycles. The summed E-state index contributed by atoms with van der Waals surface area (Å²) < 4.78 is 22.7. The van der Waals surface area contributed by atoms with Gasteiger partial charge in [-0.2, -0.15) is 0 Å². The normalized spacial score (nSPS) is 21.3. The van der Waals surface area contributed by atoms with E-state index in [1.54, 1.807) is 0 Å². The highest BCUT2D eigenvalue weighted by Crippen LogP contribution is 2.33. The van der Waals surface area contributed by atoms with Gasteiger partial charge in [-0.1, -0.05) is 0 Å². The second-order valence-corrected chi connectivity index (χ2v) is 6.76. The molecule has 0 atom stereocenters. The van der Waals surface area contributed by atoms with Gasteiger partial charge in [-0.25, -0.2) is 0 Å². The van der Waals surface area contributed by atoms with Gasteiger partial charge >= 0.3 is 0 Å². The van der Waals surface area contributed by atoms with Crippen molar-refractivity contribution in [3.8, 4) is 0 Å². The lowest BCUT2D eigenvalue weighted by Crippen LogP contribution is -1.97. The molecular formula is C10H10O2S2. The molecule has 0 N–H and O–H groups in total. The molecule has 3 rings (SSSR count). The van der Waals surface area contributed by atoms with E-state index >= 15 is 0 Å². The van der Waals surface area contributed by atoms with Crippen LogP contribution in [0.2, 0.25) is 0 Å². The van der Waals surface area contributed by atoms with Crippen molar-refractivity contribution in [1.29, 1.82) is 0 Å². The summed E-state index contributed by atoms with van der Waals surface area (Å²) in [6.45, 7) is 0. The maximum atomic E-state index is 11.3. The third-order valence-corrected chi connectivity index (χ3v) is 5.32. The number of hydrogen-bond acceptors (Lipinski definition) is 2. The van der Waals surface area contributed by atoms with E-state index in [4.69, 9.17) is 0 Å². The SMILES string of the molecule is [O-][S+]1Cc2cc3c(cc2C1)C[S+]([O-])C3.